The van der Waals surface area contributed by atoms with Crippen LogP contribution in [0.2, 0.25) is 0 Å². The molecule has 1 fully saturated rings. The van der Waals surface area contributed by atoms with E-state index in [2.05, 4.69) is 0 Å². The van der Waals surface area contributed by atoms with Crippen molar-refractivity contribution < 1.29 is 13.5 Å². The highest BCUT2D eigenvalue weighted by molar-refractivity contribution is 7.79. The predicted molar refractivity (Wildman–Crippen MR) is 32.7 cm³/mol. The molecule has 3 nitrogen and oxygen atoms in total. The maximum atomic E-state index is 10.2. The van der Waals surface area contributed by atoms with Crippen molar-refractivity contribution >= 4 is 11.1 Å². The molecular weight excluding hydrogens is 140 g/mol. The van der Waals surface area contributed by atoms with Crippen molar-refractivity contribution in [1.29, 1.82) is 0 Å². The summed E-state index contributed by atoms with van der Waals surface area (Å²) in [4.78, 5) is 0. The van der Waals surface area contributed by atoms with Gasteiger partial charge >= 0.3 is 0 Å². The zero-order chi connectivity index (χ0) is 6.85. The van der Waals surface area contributed by atoms with Gasteiger partial charge in [-0.15, -0.1) is 0 Å². The minimum atomic E-state index is -1.92. The predicted octanol–water partition coefficient (Wildman–Crippen LogP) is 0.0429. The van der Waals surface area contributed by atoms with Gasteiger partial charge in [-0.1, -0.05) is 18.0 Å². The molecule has 3 unspecified atom stereocenters. The van der Waals surface area contributed by atoms with E-state index >= 15 is 0 Å². The van der Waals surface area contributed by atoms with Gasteiger partial charge in [0.2, 0.25) is 0 Å². The molecule has 1 saturated heterocycles. The summed E-state index contributed by atoms with van der Waals surface area (Å²) in [5.41, 5.74) is 0. The molecule has 1 aliphatic rings. The molecule has 1 rings (SSSR count). The van der Waals surface area contributed by atoms with Crippen molar-refractivity contribution in [1.82, 2.24) is 0 Å². The zero-order valence-corrected chi connectivity index (χ0v) is 6.02. The lowest BCUT2D eigenvalue weighted by molar-refractivity contribution is 0.392. The summed E-state index contributed by atoms with van der Waals surface area (Å²) in [6, 6.07) is 0. The van der Waals surface area contributed by atoms with E-state index in [0.29, 0.717) is 6.42 Å². The third kappa shape index (κ3) is 2.43. The molecule has 54 valence electrons. The molecule has 1 aliphatic heterocycles. The summed E-state index contributed by atoms with van der Waals surface area (Å²) in [5, 5.41) is -0.252. The normalized spacial score (nSPS) is 31.6. The van der Waals surface area contributed by atoms with E-state index < -0.39 is 11.1 Å². The van der Waals surface area contributed by atoms with Gasteiger partial charge in [-0.25, -0.2) is 0 Å². The Kier molecular flexibility index (Phi) is 2.21. The van der Waals surface area contributed by atoms with Crippen molar-refractivity contribution in [3.05, 3.63) is 0 Å². The highest BCUT2D eigenvalue weighted by Gasteiger charge is 2.24. The summed E-state index contributed by atoms with van der Waals surface area (Å²) in [7, 11) is 0. The highest BCUT2D eigenvalue weighted by Crippen LogP contribution is 2.17. The van der Waals surface area contributed by atoms with Crippen LogP contribution in [-0.4, -0.2) is 26.7 Å². The fourth-order valence-electron chi connectivity index (χ4n) is 0.653. The average Bonchev–Trinajstić information content (AvgIpc) is 2.50. The van der Waals surface area contributed by atoms with Crippen molar-refractivity contribution in [3.63, 3.8) is 0 Å². The van der Waals surface area contributed by atoms with Crippen LogP contribution in [0.3, 0.4) is 0 Å². The van der Waals surface area contributed by atoms with Gasteiger partial charge in [-0.05, 0) is 6.42 Å². The first-order valence-electron chi connectivity index (χ1n) is 2.90. The Labute approximate surface area is 56.7 Å². The van der Waals surface area contributed by atoms with Crippen LogP contribution >= 0.6 is 0 Å². The minimum Gasteiger partial charge on any atom is -0.772 e. The Balaban J connectivity index is 2.16. The Hall–Kier alpha value is 0.0700. The lowest BCUT2D eigenvalue weighted by Crippen LogP contribution is -2.12. The van der Waals surface area contributed by atoms with Gasteiger partial charge < -0.3 is 9.29 Å². The summed E-state index contributed by atoms with van der Waals surface area (Å²) in [5.74, 6) is 0. The summed E-state index contributed by atoms with van der Waals surface area (Å²) in [6.07, 6.45) is 0.869. The molecule has 0 N–H and O–H groups in total. The van der Waals surface area contributed by atoms with Crippen molar-refractivity contribution in [3.8, 4) is 0 Å². The zero-order valence-electron chi connectivity index (χ0n) is 5.20. The second kappa shape index (κ2) is 2.77. The van der Waals surface area contributed by atoms with Gasteiger partial charge in [0.15, 0.2) is 0 Å². The van der Waals surface area contributed by atoms with Crippen LogP contribution in [0.5, 0.6) is 0 Å². The second-order valence-electron chi connectivity index (χ2n) is 2.26. The molecule has 0 saturated carbocycles. The lowest BCUT2D eigenvalue weighted by Gasteiger charge is -2.11. The Morgan fingerprint density at radius 3 is 2.89 bits per heavy atom. The quantitative estimate of drug-likeness (QED) is 0.420. The topological polar surface area (TPSA) is 52.7 Å². The van der Waals surface area contributed by atoms with Crippen LogP contribution < -0.4 is 0 Å². The van der Waals surface area contributed by atoms with Crippen molar-refractivity contribution in [2.24, 2.45) is 0 Å². The molecule has 0 aromatic carbocycles. The van der Waals surface area contributed by atoms with Crippen LogP contribution in [0.15, 0.2) is 0 Å². The number of hydrogen-bond acceptors (Lipinski definition) is 3. The number of hydrogen-bond donors (Lipinski definition) is 0. The molecule has 9 heavy (non-hydrogen) atoms. The van der Waals surface area contributed by atoms with Gasteiger partial charge in [0.1, 0.15) is 0 Å². The fraction of sp³-hybridized carbons (Fsp3) is 1.00. The molecule has 0 bridgehead atoms. The van der Waals surface area contributed by atoms with Gasteiger partial charge in [0, 0.05) is 5.25 Å². The SMILES string of the molecule is CC(CC1CO1)S(=O)[O-]. The molecule has 4 heteroatoms. The van der Waals surface area contributed by atoms with Crippen LogP contribution in [0, 0.1) is 0 Å². The first-order valence-corrected chi connectivity index (χ1v) is 4.03. The molecule has 0 aromatic heterocycles. The highest BCUT2D eigenvalue weighted by atomic mass is 32.2. The van der Waals surface area contributed by atoms with E-state index in [1.165, 1.54) is 0 Å². The van der Waals surface area contributed by atoms with Crippen molar-refractivity contribution in [2.45, 2.75) is 24.7 Å². The Bertz CT molecular complexity index is 121. The average molecular weight is 149 g/mol. The van der Waals surface area contributed by atoms with E-state index in [9.17, 15) is 8.76 Å². The molecule has 0 radical (unpaired) electrons. The molecule has 0 aromatic rings. The van der Waals surface area contributed by atoms with Crippen LogP contribution in [0.1, 0.15) is 13.3 Å². The van der Waals surface area contributed by atoms with E-state index in [-0.39, 0.29) is 11.4 Å². The maximum Gasteiger partial charge on any atom is 0.0820 e. The van der Waals surface area contributed by atoms with Crippen molar-refractivity contribution in [2.75, 3.05) is 6.61 Å². The molecule has 0 aliphatic carbocycles. The molecule has 0 amide bonds. The first kappa shape index (κ1) is 7.18. The van der Waals surface area contributed by atoms with Crippen LogP contribution in [0.4, 0.5) is 0 Å². The Morgan fingerprint density at radius 1 is 2.00 bits per heavy atom. The maximum absolute atomic E-state index is 10.2. The third-order valence-corrected chi connectivity index (χ3v) is 2.18. The molecular formula is C5H9O3S-. The number of epoxide rings is 1. The van der Waals surface area contributed by atoms with E-state index in [4.69, 9.17) is 4.74 Å². The second-order valence-corrected chi connectivity index (χ2v) is 3.59. The van der Waals surface area contributed by atoms with Gasteiger partial charge in [-0.2, -0.15) is 0 Å². The standard InChI is InChI=1S/C5H10O3S/c1-4(9(6)7)2-5-3-8-5/h4-5H,2-3H2,1H3,(H,6,7)/p-1. The number of ether oxygens (including phenoxy) is 1. The molecule has 1 heterocycles. The van der Waals surface area contributed by atoms with E-state index in [0.717, 1.165) is 6.61 Å². The lowest BCUT2D eigenvalue weighted by atomic mass is 10.3. The van der Waals surface area contributed by atoms with Gasteiger partial charge in [-0.3, -0.25) is 4.21 Å². The minimum absolute atomic E-state index is 0.220. The monoisotopic (exact) mass is 149 g/mol. The van der Waals surface area contributed by atoms with E-state index in [1.807, 2.05) is 0 Å². The van der Waals surface area contributed by atoms with Crippen LogP contribution in [-0.2, 0) is 15.8 Å². The smallest absolute Gasteiger partial charge is 0.0820 e. The van der Waals surface area contributed by atoms with E-state index in [1.54, 1.807) is 6.92 Å². The summed E-state index contributed by atoms with van der Waals surface area (Å²) >= 11 is -1.92. The number of rotatable bonds is 3. The largest absolute Gasteiger partial charge is 0.772 e. The van der Waals surface area contributed by atoms with Gasteiger partial charge in [0.25, 0.3) is 0 Å². The Morgan fingerprint density at radius 2 is 2.56 bits per heavy atom. The van der Waals surface area contributed by atoms with Gasteiger partial charge in [0.05, 0.1) is 12.7 Å². The third-order valence-electron chi connectivity index (χ3n) is 1.33. The summed E-state index contributed by atoms with van der Waals surface area (Å²) < 4.78 is 25.3. The van der Waals surface area contributed by atoms with Crippen LogP contribution in [0.25, 0.3) is 0 Å². The summed E-state index contributed by atoms with van der Waals surface area (Å²) in [6.45, 7) is 2.42. The molecule has 3 atom stereocenters. The fourth-order valence-corrected chi connectivity index (χ4v) is 1.02. The first-order chi connectivity index (χ1) is 4.20. The molecule has 0 spiro atoms.